The van der Waals surface area contributed by atoms with Crippen molar-refractivity contribution in [2.24, 2.45) is 0 Å². The van der Waals surface area contributed by atoms with Crippen molar-refractivity contribution >= 4 is 11.6 Å². The van der Waals surface area contributed by atoms with Crippen molar-refractivity contribution in [3.63, 3.8) is 0 Å². The fourth-order valence-corrected chi connectivity index (χ4v) is 1.93. The van der Waals surface area contributed by atoms with Crippen LogP contribution < -0.4 is 10.1 Å². The molecule has 1 heterocycles. The van der Waals surface area contributed by atoms with Gasteiger partial charge in [-0.1, -0.05) is 18.5 Å². The van der Waals surface area contributed by atoms with Gasteiger partial charge in [-0.25, -0.2) is 4.98 Å². The molecule has 1 aromatic rings. The Kier molecular flexibility index (Phi) is 10.2. The quantitative estimate of drug-likeness (QED) is 0.601. The zero-order valence-corrected chi connectivity index (χ0v) is 13.6. The van der Waals surface area contributed by atoms with Crippen molar-refractivity contribution in [1.29, 1.82) is 0 Å². The molecule has 1 aromatic heterocycles. The molecule has 21 heavy (non-hydrogen) atoms. The second kappa shape index (κ2) is 11.7. The molecular formula is C15H25ClN2O3. The first-order chi connectivity index (χ1) is 10.3. The summed E-state index contributed by atoms with van der Waals surface area (Å²) in [6.45, 7) is 6.21. The van der Waals surface area contributed by atoms with Gasteiger partial charge in [0, 0.05) is 33.1 Å². The van der Waals surface area contributed by atoms with E-state index in [0.29, 0.717) is 37.3 Å². The Morgan fingerprint density at radius 3 is 2.81 bits per heavy atom. The normalized spacial score (nSPS) is 10.8. The van der Waals surface area contributed by atoms with Gasteiger partial charge in [0.05, 0.1) is 6.61 Å². The summed E-state index contributed by atoms with van der Waals surface area (Å²) in [6, 6.07) is 1.88. The van der Waals surface area contributed by atoms with E-state index in [1.165, 1.54) is 0 Å². The van der Waals surface area contributed by atoms with Crippen LogP contribution in [0.2, 0.25) is 5.02 Å². The molecule has 0 aliphatic rings. The van der Waals surface area contributed by atoms with Crippen LogP contribution in [0.15, 0.2) is 12.3 Å². The van der Waals surface area contributed by atoms with Crippen molar-refractivity contribution in [3.05, 3.63) is 22.8 Å². The monoisotopic (exact) mass is 316 g/mol. The zero-order chi connectivity index (χ0) is 15.3. The van der Waals surface area contributed by atoms with E-state index in [9.17, 15) is 0 Å². The second-order valence-electron chi connectivity index (χ2n) is 4.61. The first-order valence-corrected chi connectivity index (χ1v) is 7.70. The maximum atomic E-state index is 6.15. The van der Waals surface area contributed by atoms with Crippen LogP contribution in [0, 0.1) is 0 Å². The van der Waals surface area contributed by atoms with Crippen LogP contribution in [-0.2, 0) is 16.0 Å². The van der Waals surface area contributed by atoms with Gasteiger partial charge >= 0.3 is 0 Å². The molecule has 0 aromatic carbocycles. The van der Waals surface area contributed by atoms with Crippen LogP contribution >= 0.6 is 11.6 Å². The third-order valence-corrected chi connectivity index (χ3v) is 2.99. The lowest BCUT2D eigenvalue weighted by molar-refractivity contribution is 0.0796. The molecular weight excluding hydrogens is 292 g/mol. The third kappa shape index (κ3) is 8.21. The summed E-state index contributed by atoms with van der Waals surface area (Å²) in [5.41, 5.74) is 1.05. The van der Waals surface area contributed by atoms with E-state index in [4.69, 9.17) is 25.8 Å². The summed E-state index contributed by atoms with van der Waals surface area (Å²) in [4.78, 5) is 4.23. The van der Waals surface area contributed by atoms with Gasteiger partial charge in [0.1, 0.15) is 11.6 Å². The predicted octanol–water partition coefficient (Wildman–Crippen LogP) is 2.67. The highest BCUT2D eigenvalue weighted by Gasteiger charge is 2.05. The summed E-state index contributed by atoms with van der Waals surface area (Å²) in [6.07, 6.45) is 3.77. The fourth-order valence-electron chi connectivity index (χ4n) is 1.68. The first-order valence-electron chi connectivity index (χ1n) is 7.32. The Morgan fingerprint density at radius 1 is 1.24 bits per heavy atom. The van der Waals surface area contributed by atoms with Crippen LogP contribution in [-0.4, -0.2) is 45.1 Å². The van der Waals surface area contributed by atoms with Crippen molar-refractivity contribution in [3.8, 4) is 5.88 Å². The Labute approximate surface area is 131 Å². The lowest BCUT2D eigenvalue weighted by atomic mass is 10.3. The Bertz CT molecular complexity index is 391. The minimum atomic E-state index is 0.438. The number of hydrogen-bond acceptors (Lipinski definition) is 5. The number of aromatic nitrogens is 1. The van der Waals surface area contributed by atoms with Crippen LogP contribution in [0.1, 0.15) is 25.3 Å². The van der Waals surface area contributed by atoms with Gasteiger partial charge in [-0.15, -0.1) is 0 Å². The number of halogens is 1. The molecule has 0 aliphatic carbocycles. The number of rotatable bonds is 12. The second-order valence-corrected chi connectivity index (χ2v) is 5.02. The molecule has 5 nitrogen and oxygen atoms in total. The number of ether oxygens (including phenoxy) is 3. The molecule has 0 bridgehead atoms. The highest BCUT2D eigenvalue weighted by Crippen LogP contribution is 2.22. The third-order valence-electron chi connectivity index (χ3n) is 2.72. The predicted molar refractivity (Wildman–Crippen MR) is 84.1 cm³/mol. The van der Waals surface area contributed by atoms with Gasteiger partial charge < -0.3 is 19.5 Å². The van der Waals surface area contributed by atoms with E-state index in [1.807, 2.05) is 6.07 Å². The standard InChI is InChI=1S/C15H25ClN2O3/c1-3-5-17-11-13-10-14(16)15(18-12-13)21-9-8-20-7-4-6-19-2/h10,12,17H,3-9,11H2,1-2H3. The SMILES string of the molecule is CCCNCc1cnc(OCCOCCCOC)c(Cl)c1. The first kappa shape index (κ1) is 18.2. The van der Waals surface area contributed by atoms with Crippen molar-refractivity contribution in [2.45, 2.75) is 26.3 Å². The minimum Gasteiger partial charge on any atom is -0.474 e. The Balaban J connectivity index is 2.22. The van der Waals surface area contributed by atoms with Crippen molar-refractivity contribution < 1.29 is 14.2 Å². The van der Waals surface area contributed by atoms with E-state index in [-0.39, 0.29) is 0 Å². The molecule has 120 valence electrons. The van der Waals surface area contributed by atoms with E-state index in [2.05, 4.69) is 17.2 Å². The van der Waals surface area contributed by atoms with Crippen LogP contribution in [0.5, 0.6) is 5.88 Å². The highest BCUT2D eigenvalue weighted by atomic mass is 35.5. The maximum absolute atomic E-state index is 6.15. The molecule has 0 amide bonds. The lowest BCUT2D eigenvalue weighted by Gasteiger charge is -2.09. The highest BCUT2D eigenvalue weighted by molar-refractivity contribution is 6.31. The van der Waals surface area contributed by atoms with Crippen molar-refractivity contribution in [1.82, 2.24) is 10.3 Å². The summed E-state index contributed by atoms with van der Waals surface area (Å²) >= 11 is 6.15. The molecule has 0 radical (unpaired) electrons. The van der Waals surface area contributed by atoms with Gasteiger partial charge in [0.2, 0.25) is 5.88 Å². The summed E-state index contributed by atoms with van der Waals surface area (Å²) in [5, 5.41) is 3.84. The van der Waals surface area contributed by atoms with E-state index >= 15 is 0 Å². The van der Waals surface area contributed by atoms with Crippen LogP contribution in [0.3, 0.4) is 0 Å². The molecule has 0 aliphatic heterocycles. The topological polar surface area (TPSA) is 52.6 Å². The van der Waals surface area contributed by atoms with Gasteiger partial charge in [-0.2, -0.15) is 0 Å². The summed E-state index contributed by atoms with van der Waals surface area (Å²) in [5.74, 6) is 0.455. The number of hydrogen-bond donors (Lipinski definition) is 1. The summed E-state index contributed by atoms with van der Waals surface area (Å²) < 4.78 is 15.8. The average Bonchev–Trinajstić information content (AvgIpc) is 2.48. The molecule has 0 unspecified atom stereocenters. The molecule has 1 N–H and O–H groups in total. The number of nitrogens with zero attached hydrogens (tertiary/aromatic N) is 1. The molecule has 0 atom stereocenters. The van der Waals surface area contributed by atoms with Crippen molar-refractivity contribution in [2.75, 3.05) is 40.1 Å². The lowest BCUT2D eigenvalue weighted by Crippen LogP contribution is -2.14. The number of nitrogens with one attached hydrogen (secondary N) is 1. The summed E-state index contributed by atoms with van der Waals surface area (Å²) in [7, 11) is 1.68. The van der Waals surface area contributed by atoms with Crippen LogP contribution in [0.4, 0.5) is 0 Å². The maximum Gasteiger partial charge on any atom is 0.232 e. The molecule has 0 saturated heterocycles. The van der Waals surface area contributed by atoms with E-state index < -0.39 is 0 Å². The van der Waals surface area contributed by atoms with Gasteiger partial charge in [-0.3, -0.25) is 0 Å². The largest absolute Gasteiger partial charge is 0.474 e. The number of pyridine rings is 1. The molecule has 1 rings (SSSR count). The van der Waals surface area contributed by atoms with Gasteiger partial charge in [0.25, 0.3) is 0 Å². The van der Waals surface area contributed by atoms with Gasteiger partial charge in [0.15, 0.2) is 0 Å². The number of methoxy groups -OCH3 is 1. The zero-order valence-electron chi connectivity index (χ0n) is 12.9. The smallest absolute Gasteiger partial charge is 0.232 e. The fraction of sp³-hybridized carbons (Fsp3) is 0.667. The average molecular weight is 317 g/mol. The van der Waals surface area contributed by atoms with E-state index in [0.717, 1.165) is 31.5 Å². The Hall–Kier alpha value is -0.880. The van der Waals surface area contributed by atoms with Crippen LogP contribution in [0.25, 0.3) is 0 Å². The van der Waals surface area contributed by atoms with Gasteiger partial charge in [-0.05, 0) is 31.0 Å². The Morgan fingerprint density at radius 2 is 2.10 bits per heavy atom. The molecule has 6 heteroatoms. The minimum absolute atomic E-state index is 0.438. The molecule has 0 fully saturated rings. The molecule has 0 spiro atoms. The molecule has 0 saturated carbocycles. The van der Waals surface area contributed by atoms with E-state index in [1.54, 1.807) is 13.3 Å².